The lowest BCUT2D eigenvalue weighted by molar-refractivity contribution is -0.116. The number of pyridine rings is 1. The molecule has 3 rings (SSSR count). The highest BCUT2D eigenvalue weighted by Gasteiger charge is 2.23. The Bertz CT molecular complexity index is 915. The first-order valence-electron chi connectivity index (χ1n) is 10.8. The van der Waals surface area contributed by atoms with Gasteiger partial charge in [0.15, 0.2) is 0 Å². The second kappa shape index (κ2) is 11.7. The fourth-order valence-corrected chi connectivity index (χ4v) is 3.63. The summed E-state index contributed by atoms with van der Waals surface area (Å²) in [6.45, 7) is 6.23. The molecule has 32 heavy (non-hydrogen) atoms. The van der Waals surface area contributed by atoms with Crippen LogP contribution in [-0.4, -0.2) is 66.2 Å². The van der Waals surface area contributed by atoms with Gasteiger partial charge in [-0.2, -0.15) is 0 Å². The Morgan fingerprint density at radius 3 is 2.56 bits per heavy atom. The molecule has 1 aromatic heterocycles. The smallest absolute Gasteiger partial charge is 0.339 e. The Balaban J connectivity index is 1.52. The number of hydrogen-bond acceptors (Lipinski definition) is 6. The molecule has 1 aliphatic heterocycles. The molecule has 1 saturated heterocycles. The lowest BCUT2D eigenvalue weighted by Gasteiger charge is -2.35. The molecule has 0 spiro atoms. The number of nitrogens with one attached hydrogen (secondary N) is 1. The van der Waals surface area contributed by atoms with Crippen LogP contribution in [0.3, 0.4) is 0 Å². The summed E-state index contributed by atoms with van der Waals surface area (Å²) in [6, 6.07) is 8.76. The Kier molecular flexibility index (Phi) is 8.70. The van der Waals surface area contributed by atoms with Gasteiger partial charge in [0.25, 0.3) is 0 Å². The van der Waals surface area contributed by atoms with E-state index in [9.17, 15) is 14.7 Å². The number of carbonyl (C=O) groups excluding carboxylic acids is 1. The highest BCUT2D eigenvalue weighted by atomic mass is 35.5. The number of hydrogen-bond donors (Lipinski definition) is 2. The third kappa shape index (κ3) is 6.83. The van der Waals surface area contributed by atoms with Crippen molar-refractivity contribution in [2.24, 2.45) is 0 Å². The molecule has 0 atom stereocenters. The number of benzene rings is 1. The minimum atomic E-state index is -1.06. The molecule has 0 bridgehead atoms. The quantitative estimate of drug-likeness (QED) is 0.557. The van der Waals surface area contributed by atoms with Crippen LogP contribution in [0.1, 0.15) is 36.5 Å². The van der Waals surface area contributed by atoms with Crippen LogP contribution in [0.2, 0.25) is 5.02 Å². The Hall–Kier alpha value is -2.84. The molecule has 0 saturated carbocycles. The van der Waals surface area contributed by atoms with Crippen molar-refractivity contribution in [3.8, 4) is 5.75 Å². The highest BCUT2D eigenvalue weighted by Crippen LogP contribution is 2.23. The van der Waals surface area contributed by atoms with Crippen LogP contribution >= 0.6 is 11.6 Å². The van der Waals surface area contributed by atoms with Gasteiger partial charge in [0, 0.05) is 44.2 Å². The average Bonchev–Trinajstić information content (AvgIpc) is 2.79. The van der Waals surface area contributed by atoms with E-state index in [1.807, 2.05) is 24.0 Å². The van der Waals surface area contributed by atoms with E-state index in [0.29, 0.717) is 42.6 Å². The van der Waals surface area contributed by atoms with E-state index in [-0.39, 0.29) is 11.5 Å². The number of rotatable bonds is 10. The van der Waals surface area contributed by atoms with Crippen molar-refractivity contribution in [1.82, 2.24) is 9.88 Å². The average molecular weight is 461 g/mol. The van der Waals surface area contributed by atoms with Gasteiger partial charge in [0.1, 0.15) is 23.7 Å². The van der Waals surface area contributed by atoms with Crippen molar-refractivity contribution >= 4 is 35.0 Å². The molecule has 2 heterocycles. The Morgan fingerprint density at radius 2 is 1.91 bits per heavy atom. The van der Waals surface area contributed by atoms with E-state index in [1.165, 1.54) is 12.3 Å². The maximum atomic E-state index is 11.9. The second-order valence-electron chi connectivity index (χ2n) is 7.68. The van der Waals surface area contributed by atoms with Crippen molar-refractivity contribution in [1.29, 1.82) is 0 Å². The summed E-state index contributed by atoms with van der Waals surface area (Å²) in [4.78, 5) is 32.4. The highest BCUT2D eigenvalue weighted by molar-refractivity contribution is 6.30. The van der Waals surface area contributed by atoms with Gasteiger partial charge in [-0.05, 0) is 36.8 Å². The fourth-order valence-electron chi connectivity index (χ4n) is 3.50. The van der Waals surface area contributed by atoms with Crippen molar-refractivity contribution in [2.45, 2.75) is 26.2 Å². The lowest BCUT2D eigenvalue weighted by Crippen LogP contribution is -2.48. The first kappa shape index (κ1) is 23.8. The number of aromatic carboxylic acids is 1. The van der Waals surface area contributed by atoms with Crippen molar-refractivity contribution in [3.63, 3.8) is 0 Å². The maximum Gasteiger partial charge on any atom is 0.339 e. The predicted octanol–water partition coefficient (Wildman–Crippen LogP) is 3.76. The largest absolute Gasteiger partial charge is 0.492 e. The zero-order valence-electron chi connectivity index (χ0n) is 18.2. The van der Waals surface area contributed by atoms with Crippen LogP contribution in [0.4, 0.5) is 11.5 Å². The number of amides is 1. The SMILES string of the molecule is CCCCC(=O)Nc1cnc(N2CCN(CCOc3ccc(Cl)cc3)CC2)c(C(=O)O)c1. The molecule has 1 aliphatic rings. The first-order valence-corrected chi connectivity index (χ1v) is 11.2. The van der Waals surface area contributed by atoms with Crippen molar-refractivity contribution < 1.29 is 19.4 Å². The summed E-state index contributed by atoms with van der Waals surface area (Å²) >= 11 is 5.88. The van der Waals surface area contributed by atoms with Crippen LogP contribution in [0.5, 0.6) is 5.75 Å². The van der Waals surface area contributed by atoms with Crippen LogP contribution in [0.15, 0.2) is 36.5 Å². The van der Waals surface area contributed by atoms with Gasteiger partial charge in [-0.25, -0.2) is 9.78 Å². The maximum absolute atomic E-state index is 11.9. The van der Waals surface area contributed by atoms with E-state index in [0.717, 1.165) is 38.2 Å². The molecule has 8 nitrogen and oxygen atoms in total. The van der Waals surface area contributed by atoms with Crippen LogP contribution < -0.4 is 15.0 Å². The van der Waals surface area contributed by atoms with Gasteiger partial charge in [-0.15, -0.1) is 0 Å². The molecule has 1 amide bonds. The minimum absolute atomic E-state index is 0.0952. The molecule has 172 valence electrons. The van der Waals surface area contributed by atoms with E-state index in [2.05, 4.69) is 15.2 Å². The van der Waals surface area contributed by atoms with E-state index < -0.39 is 5.97 Å². The minimum Gasteiger partial charge on any atom is -0.492 e. The van der Waals surface area contributed by atoms with Gasteiger partial charge < -0.3 is 20.1 Å². The number of carboxylic acid groups (broad SMARTS) is 1. The van der Waals surface area contributed by atoms with Gasteiger partial charge in [-0.1, -0.05) is 24.9 Å². The fraction of sp³-hybridized carbons (Fsp3) is 0.435. The second-order valence-corrected chi connectivity index (χ2v) is 8.12. The Morgan fingerprint density at radius 1 is 1.19 bits per heavy atom. The van der Waals surface area contributed by atoms with Gasteiger partial charge in [0.05, 0.1) is 11.9 Å². The molecule has 0 unspecified atom stereocenters. The molecule has 0 radical (unpaired) electrons. The number of halogens is 1. The molecule has 1 aromatic carbocycles. The topological polar surface area (TPSA) is 95.0 Å². The summed E-state index contributed by atoms with van der Waals surface area (Å²) in [6.07, 6.45) is 3.64. The van der Waals surface area contributed by atoms with Crippen LogP contribution in [-0.2, 0) is 4.79 Å². The van der Waals surface area contributed by atoms with E-state index >= 15 is 0 Å². The zero-order valence-corrected chi connectivity index (χ0v) is 19.0. The predicted molar refractivity (Wildman–Crippen MR) is 125 cm³/mol. The standard InChI is InChI=1S/C23H29ClN4O4/c1-2-3-4-21(29)26-18-15-20(23(30)31)22(25-16-18)28-11-9-27(10-12-28)13-14-32-19-7-5-17(24)6-8-19/h5-8,15-16H,2-4,9-14H2,1H3,(H,26,29)(H,30,31). The summed E-state index contributed by atoms with van der Waals surface area (Å²) in [5, 5.41) is 13.1. The molecule has 2 aromatic rings. The number of carbonyl (C=O) groups is 2. The molecule has 0 aliphatic carbocycles. The monoisotopic (exact) mass is 460 g/mol. The van der Waals surface area contributed by atoms with Crippen LogP contribution in [0, 0.1) is 0 Å². The lowest BCUT2D eigenvalue weighted by atomic mass is 10.2. The third-order valence-electron chi connectivity index (χ3n) is 5.30. The number of unbranched alkanes of at least 4 members (excludes halogenated alkanes) is 1. The molecule has 1 fully saturated rings. The summed E-state index contributed by atoms with van der Waals surface area (Å²) < 4.78 is 5.76. The van der Waals surface area contributed by atoms with Crippen molar-refractivity contribution in [2.75, 3.05) is 49.5 Å². The molecular weight excluding hydrogens is 432 g/mol. The van der Waals surface area contributed by atoms with Crippen LogP contribution in [0.25, 0.3) is 0 Å². The van der Waals surface area contributed by atoms with Gasteiger partial charge in [0.2, 0.25) is 5.91 Å². The molecule has 9 heteroatoms. The number of nitrogens with zero attached hydrogens (tertiary/aromatic N) is 3. The molecule has 2 N–H and O–H groups in total. The number of piperazine rings is 1. The van der Waals surface area contributed by atoms with Gasteiger partial charge in [-0.3, -0.25) is 9.69 Å². The number of anilines is 2. The normalized spacial score (nSPS) is 14.2. The summed E-state index contributed by atoms with van der Waals surface area (Å²) in [5.41, 5.74) is 0.503. The summed E-state index contributed by atoms with van der Waals surface area (Å²) in [7, 11) is 0. The number of aromatic nitrogens is 1. The van der Waals surface area contributed by atoms with Gasteiger partial charge >= 0.3 is 5.97 Å². The third-order valence-corrected chi connectivity index (χ3v) is 5.55. The Labute approximate surface area is 193 Å². The summed E-state index contributed by atoms with van der Waals surface area (Å²) in [5.74, 6) is 0.0226. The number of carboxylic acids is 1. The number of ether oxygens (including phenoxy) is 1. The zero-order chi connectivity index (χ0) is 22.9. The van der Waals surface area contributed by atoms with E-state index in [4.69, 9.17) is 16.3 Å². The van der Waals surface area contributed by atoms with Crippen molar-refractivity contribution in [3.05, 3.63) is 47.1 Å². The van der Waals surface area contributed by atoms with E-state index in [1.54, 1.807) is 12.1 Å². The first-order chi connectivity index (χ1) is 15.5. The molecular formula is C23H29ClN4O4.